The van der Waals surface area contributed by atoms with Crippen LogP contribution in [0.4, 0.5) is 4.39 Å². The Morgan fingerprint density at radius 2 is 2.23 bits per heavy atom. The highest BCUT2D eigenvalue weighted by Gasteiger charge is 2.21. The van der Waals surface area contributed by atoms with Gasteiger partial charge >= 0.3 is 0 Å². The first-order valence-corrected chi connectivity index (χ1v) is 9.19. The van der Waals surface area contributed by atoms with Crippen LogP contribution in [0.15, 0.2) is 29.3 Å². The van der Waals surface area contributed by atoms with Gasteiger partial charge in [0.05, 0.1) is 6.54 Å². The fourth-order valence-corrected chi connectivity index (χ4v) is 3.12. The normalized spacial score (nSPS) is 18.9. The molecule has 1 aromatic rings. The maximum atomic E-state index is 13.2. The van der Waals surface area contributed by atoms with Gasteiger partial charge in [-0.25, -0.2) is 4.39 Å². The van der Waals surface area contributed by atoms with E-state index in [2.05, 4.69) is 27.4 Å². The first-order valence-electron chi connectivity index (χ1n) is 9.19. The van der Waals surface area contributed by atoms with Crippen LogP contribution in [0.3, 0.4) is 0 Å². The molecule has 2 unspecified atom stereocenters. The highest BCUT2D eigenvalue weighted by Crippen LogP contribution is 2.15. The lowest BCUT2D eigenvalue weighted by Gasteiger charge is -2.19. The van der Waals surface area contributed by atoms with Crippen molar-refractivity contribution in [1.82, 2.24) is 15.5 Å². The minimum atomic E-state index is -0.288. The van der Waals surface area contributed by atoms with E-state index in [-0.39, 0.29) is 35.9 Å². The molecule has 1 saturated heterocycles. The van der Waals surface area contributed by atoms with Crippen molar-refractivity contribution in [2.24, 2.45) is 10.9 Å². The third-order valence-corrected chi connectivity index (χ3v) is 4.38. The average Bonchev–Trinajstić information content (AvgIpc) is 3.03. The second kappa shape index (κ2) is 12.3. The van der Waals surface area contributed by atoms with Crippen molar-refractivity contribution in [3.63, 3.8) is 0 Å². The first-order chi connectivity index (χ1) is 12.1. The first kappa shape index (κ1) is 23.0. The molecule has 0 aromatic heterocycles. The molecule has 0 amide bonds. The van der Waals surface area contributed by atoms with E-state index in [0.717, 1.165) is 19.0 Å². The Morgan fingerprint density at radius 1 is 1.42 bits per heavy atom. The average molecular weight is 478 g/mol. The summed E-state index contributed by atoms with van der Waals surface area (Å²) in [6, 6.07) is 6.21. The number of likely N-dealkylation sites (tertiary alicyclic amines) is 1. The Kier molecular flexibility index (Phi) is 10.9. The molecule has 1 aliphatic heterocycles. The number of nitrogens with one attached hydrogen (secondary N) is 2. The number of ether oxygens (including phenoxy) is 1. The maximum Gasteiger partial charge on any atom is 0.191 e. The Bertz CT molecular complexity index is 558. The molecule has 1 heterocycles. The number of aliphatic imine (C=N–C) groups is 1. The predicted octanol–water partition coefficient (Wildman–Crippen LogP) is 3.11. The summed E-state index contributed by atoms with van der Waals surface area (Å²) < 4.78 is 18.9. The van der Waals surface area contributed by atoms with Crippen LogP contribution in [0.1, 0.15) is 26.7 Å². The summed E-state index contributed by atoms with van der Waals surface area (Å²) in [4.78, 5) is 6.79. The zero-order chi connectivity index (χ0) is 18.1. The van der Waals surface area contributed by atoms with Gasteiger partial charge in [0.25, 0.3) is 0 Å². The Balaban J connectivity index is 0.00000338. The Labute approximate surface area is 173 Å². The summed E-state index contributed by atoms with van der Waals surface area (Å²) in [7, 11) is 1.77. The zero-order valence-corrected chi connectivity index (χ0v) is 18.3. The fourth-order valence-electron chi connectivity index (χ4n) is 3.12. The van der Waals surface area contributed by atoms with E-state index < -0.39 is 0 Å². The molecule has 5 nitrogen and oxygen atoms in total. The molecule has 2 N–H and O–H groups in total. The Morgan fingerprint density at radius 3 is 2.92 bits per heavy atom. The van der Waals surface area contributed by atoms with Crippen LogP contribution < -0.4 is 15.4 Å². The van der Waals surface area contributed by atoms with Crippen LogP contribution in [0, 0.1) is 11.7 Å². The zero-order valence-electron chi connectivity index (χ0n) is 16.0. The van der Waals surface area contributed by atoms with E-state index in [1.54, 1.807) is 19.2 Å². The largest absolute Gasteiger partial charge is 0.489 e. The van der Waals surface area contributed by atoms with Crippen LogP contribution in [-0.4, -0.2) is 56.7 Å². The van der Waals surface area contributed by atoms with Crippen LogP contribution in [0.2, 0.25) is 0 Å². The van der Waals surface area contributed by atoms with Gasteiger partial charge in [0, 0.05) is 26.2 Å². The molecule has 148 valence electrons. The standard InChI is InChI=1S/C19H31FN4O.HI/c1-4-9-24-10-8-16(14-24)13-23-19(21-3)22-12-15(2)25-18-7-5-6-17(20)11-18;/h5-7,11,15-16H,4,8-10,12-14H2,1-3H3,(H2,21,22,23);1H. The molecule has 1 aliphatic rings. The van der Waals surface area contributed by atoms with Crippen LogP contribution in [-0.2, 0) is 0 Å². The quantitative estimate of drug-likeness (QED) is 0.343. The molecular weight excluding hydrogens is 446 g/mol. The summed E-state index contributed by atoms with van der Waals surface area (Å²) in [5, 5.41) is 6.67. The molecule has 0 bridgehead atoms. The number of guanidine groups is 1. The number of nitrogens with zero attached hydrogens (tertiary/aromatic N) is 2. The SMILES string of the molecule is CCCN1CCC(CNC(=NC)NCC(C)Oc2cccc(F)c2)C1.I. The molecule has 1 fully saturated rings. The smallest absolute Gasteiger partial charge is 0.191 e. The van der Waals surface area contributed by atoms with Crippen molar-refractivity contribution in [3.8, 4) is 5.75 Å². The van der Waals surface area contributed by atoms with Gasteiger partial charge in [-0.2, -0.15) is 0 Å². The lowest BCUT2D eigenvalue weighted by Crippen LogP contribution is -2.43. The van der Waals surface area contributed by atoms with Gasteiger partial charge in [0.2, 0.25) is 0 Å². The van der Waals surface area contributed by atoms with Crippen LogP contribution in [0.25, 0.3) is 0 Å². The van der Waals surface area contributed by atoms with Gasteiger partial charge in [0.15, 0.2) is 5.96 Å². The van der Waals surface area contributed by atoms with Gasteiger partial charge < -0.3 is 20.3 Å². The van der Waals surface area contributed by atoms with Crippen molar-refractivity contribution < 1.29 is 9.13 Å². The summed E-state index contributed by atoms with van der Waals surface area (Å²) >= 11 is 0. The summed E-state index contributed by atoms with van der Waals surface area (Å²) in [5.41, 5.74) is 0. The van der Waals surface area contributed by atoms with Gasteiger partial charge in [0.1, 0.15) is 17.7 Å². The van der Waals surface area contributed by atoms with Crippen molar-refractivity contribution >= 4 is 29.9 Å². The number of hydrogen-bond donors (Lipinski definition) is 2. The minimum absolute atomic E-state index is 0. The second-order valence-corrected chi connectivity index (χ2v) is 6.68. The van der Waals surface area contributed by atoms with E-state index in [9.17, 15) is 4.39 Å². The van der Waals surface area contributed by atoms with E-state index in [0.29, 0.717) is 18.2 Å². The monoisotopic (exact) mass is 478 g/mol. The van der Waals surface area contributed by atoms with Gasteiger partial charge in [-0.3, -0.25) is 4.99 Å². The number of rotatable bonds is 8. The maximum absolute atomic E-state index is 13.2. The number of halogens is 2. The topological polar surface area (TPSA) is 48.9 Å². The molecule has 0 radical (unpaired) electrons. The third-order valence-electron chi connectivity index (χ3n) is 4.38. The van der Waals surface area contributed by atoms with Crippen molar-refractivity contribution in [2.75, 3.05) is 39.8 Å². The summed E-state index contributed by atoms with van der Waals surface area (Å²) in [6.45, 7) is 9.26. The second-order valence-electron chi connectivity index (χ2n) is 6.68. The number of benzene rings is 1. The molecule has 26 heavy (non-hydrogen) atoms. The van der Waals surface area contributed by atoms with Gasteiger partial charge in [-0.15, -0.1) is 24.0 Å². The minimum Gasteiger partial charge on any atom is -0.489 e. The van der Waals surface area contributed by atoms with Crippen molar-refractivity contribution in [2.45, 2.75) is 32.8 Å². The van der Waals surface area contributed by atoms with E-state index in [1.165, 1.54) is 38.1 Å². The molecular formula is C19H32FIN4O. The van der Waals surface area contributed by atoms with Crippen molar-refractivity contribution in [3.05, 3.63) is 30.1 Å². The van der Waals surface area contributed by atoms with Crippen LogP contribution >= 0.6 is 24.0 Å². The van der Waals surface area contributed by atoms with E-state index in [1.807, 2.05) is 6.92 Å². The van der Waals surface area contributed by atoms with Gasteiger partial charge in [-0.1, -0.05) is 13.0 Å². The molecule has 2 rings (SSSR count). The van der Waals surface area contributed by atoms with E-state index >= 15 is 0 Å². The number of hydrogen-bond acceptors (Lipinski definition) is 3. The molecule has 0 aliphatic carbocycles. The van der Waals surface area contributed by atoms with Crippen molar-refractivity contribution in [1.29, 1.82) is 0 Å². The molecule has 7 heteroatoms. The van der Waals surface area contributed by atoms with Gasteiger partial charge in [-0.05, 0) is 50.9 Å². The lowest BCUT2D eigenvalue weighted by molar-refractivity contribution is 0.223. The fraction of sp³-hybridized carbons (Fsp3) is 0.632. The highest BCUT2D eigenvalue weighted by molar-refractivity contribution is 14.0. The van der Waals surface area contributed by atoms with E-state index in [4.69, 9.17) is 4.74 Å². The highest BCUT2D eigenvalue weighted by atomic mass is 127. The third kappa shape index (κ3) is 8.07. The lowest BCUT2D eigenvalue weighted by atomic mass is 10.1. The summed E-state index contributed by atoms with van der Waals surface area (Å²) in [5.74, 6) is 1.71. The molecule has 0 saturated carbocycles. The summed E-state index contributed by atoms with van der Waals surface area (Å²) in [6.07, 6.45) is 2.36. The molecule has 2 atom stereocenters. The van der Waals surface area contributed by atoms with Crippen LogP contribution in [0.5, 0.6) is 5.75 Å². The molecule has 0 spiro atoms. The Hall–Kier alpha value is -1.09. The predicted molar refractivity (Wildman–Crippen MR) is 116 cm³/mol. The molecule has 1 aromatic carbocycles.